The van der Waals surface area contributed by atoms with Crippen molar-refractivity contribution >= 4 is 5.91 Å². The Kier molecular flexibility index (Phi) is 7.10. The lowest BCUT2D eigenvalue weighted by Gasteiger charge is -2.29. The number of ether oxygens (including phenoxy) is 1. The van der Waals surface area contributed by atoms with Crippen LogP contribution in [0, 0.1) is 5.92 Å². The van der Waals surface area contributed by atoms with Gasteiger partial charge in [-0.2, -0.15) is 0 Å². The predicted octanol–water partition coefficient (Wildman–Crippen LogP) is 3.43. The van der Waals surface area contributed by atoms with Gasteiger partial charge in [0.05, 0.1) is 0 Å². The third kappa shape index (κ3) is 5.52. The van der Waals surface area contributed by atoms with Gasteiger partial charge in [-0.1, -0.05) is 32.0 Å². The Morgan fingerprint density at radius 1 is 1.25 bits per heavy atom. The number of likely N-dealkylation sites (tertiary alicyclic amines) is 1. The van der Waals surface area contributed by atoms with Crippen LogP contribution in [0.5, 0.6) is 5.75 Å². The normalized spacial score (nSPS) is 17.7. The second-order valence-corrected chi connectivity index (χ2v) is 7.28. The molecule has 1 amide bonds. The monoisotopic (exact) mass is 332 g/mol. The molecular formula is C20H32N2O2. The molecule has 4 nitrogen and oxygen atoms in total. The summed E-state index contributed by atoms with van der Waals surface area (Å²) in [7, 11) is 2.17. The number of para-hydroxylation sites is 1. The number of benzene rings is 1. The van der Waals surface area contributed by atoms with Crippen molar-refractivity contribution in [1.82, 2.24) is 10.2 Å². The molecule has 0 radical (unpaired) electrons. The highest BCUT2D eigenvalue weighted by Gasteiger charge is 2.19. The van der Waals surface area contributed by atoms with Crippen LogP contribution in [-0.2, 0) is 4.79 Å². The molecule has 1 heterocycles. The maximum absolute atomic E-state index is 12.3. The van der Waals surface area contributed by atoms with Gasteiger partial charge in [-0.25, -0.2) is 0 Å². The molecule has 1 N–H and O–H groups in total. The van der Waals surface area contributed by atoms with E-state index in [0.717, 1.165) is 30.2 Å². The minimum Gasteiger partial charge on any atom is -0.481 e. The highest BCUT2D eigenvalue weighted by molar-refractivity contribution is 5.80. The molecule has 1 atom stereocenters. The highest BCUT2D eigenvalue weighted by atomic mass is 16.5. The van der Waals surface area contributed by atoms with Gasteiger partial charge in [0, 0.05) is 6.54 Å². The van der Waals surface area contributed by atoms with Gasteiger partial charge in [-0.15, -0.1) is 0 Å². The van der Waals surface area contributed by atoms with E-state index in [1.165, 1.54) is 25.9 Å². The van der Waals surface area contributed by atoms with E-state index in [2.05, 4.69) is 37.2 Å². The molecule has 1 aromatic carbocycles. The van der Waals surface area contributed by atoms with Crippen molar-refractivity contribution in [1.29, 1.82) is 0 Å². The summed E-state index contributed by atoms with van der Waals surface area (Å²) < 4.78 is 5.91. The van der Waals surface area contributed by atoms with Gasteiger partial charge in [0.2, 0.25) is 0 Å². The van der Waals surface area contributed by atoms with Crippen LogP contribution < -0.4 is 10.1 Å². The number of nitrogens with one attached hydrogen (secondary N) is 1. The van der Waals surface area contributed by atoms with Gasteiger partial charge in [0.1, 0.15) is 5.75 Å². The van der Waals surface area contributed by atoms with Crippen molar-refractivity contribution in [3.8, 4) is 5.75 Å². The molecule has 1 aromatic rings. The number of piperidine rings is 1. The summed E-state index contributed by atoms with van der Waals surface area (Å²) in [5.74, 6) is 1.90. The number of hydrogen-bond donors (Lipinski definition) is 1. The molecule has 1 aliphatic heterocycles. The lowest BCUT2D eigenvalue weighted by atomic mass is 9.94. The molecule has 134 valence electrons. The molecule has 4 heteroatoms. The first kappa shape index (κ1) is 18.8. The van der Waals surface area contributed by atoms with E-state index in [4.69, 9.17) is 4.74 Å². The first-order chi connectivity index (χ1) is 11.5. The van der Waals surface area contributed by atoms with Gasteiger partial charge in [-0.3, -0.25) is 4.79 Å². The van der Waals surface area contributed by atoms with Crippen LogP contribution in [-0.4, -0.2) is 43.6 Å². The summed E-state index contributed by atoms with van der Waals surface area (Å²) in [6, 6.07) is 7.96. The van der Waals surface area contributed by atoms with Crippen LogP contribution in [0.15, 0.2) is 24.3 Å². The van der Waals surface area contributed by atoms with Crippen molar-refractivity contribution in [2.75, 3.05) is 26.7 Å². The molecule has 0 spiro atoms. The Hall–Kier alpha value is -1.55. The van der Waals surface area contributed by atoms with E-state index in [9.17, 15) is 4.79 Å². The van der Waals surface area contributed by atoms with Crippen molar-refractivity contribution in [3.05, 3.63) is 29.8 Å². The molecular weight excluding hydrogens is 300 g/mol. The van der Waals surface area contributed by atoms with E-state index in [-0.39, 0.29) is 5.91 Å². The van der Waals surface area contributed by atoms with Crippen molar-refractivity contribution in [3.63, 3.8) is 0 Å². The van der Waals surface area contributed by atoms with E-state index in [0.29, 0.717) is 5.92 Å². The maximum Gasteiger partial charge on any atom is 0.260 e. The summed E-state index contributed by atoms with van der Waals surface area (Å²) >= 11 is 0. The Bertz CT molecular complexity index is 522. The van der Waals surface area contributed by atoms with Gasteiger partial charge in [0.15, 0.2) is 6.10 Å². The molecule has 1 fully saturated rings. The Labute approximate surface area is 146 Å². The third-order valence-corrected chi connectivity index (χ3v) is 4.90. The quantitative estimate of drug-likeness (QED) is 0.832. The molecule has 0 aliphatic carbocycles. The van der Waals surface area contributed by atoms with Crippen molar-refractivity contribution < 1.29 is 9.53 Å². The van der Waals surface area contributed by atoms with Gasteiger partial charge < -0.3 is 15.0 Å². The third-order valence-electron chi connectivity index (χ3n) is 4.90. The zero-order valence-electron chi connectivity index (χ0n) is 15.5. The largest absolute Gasteiger partial charge is 0.481 e. The highest BCUT2D eigenvalue weighted by Crippen LogP contribution is 2.26. The number of rotatable bonds is 7. The molecule has 0 saturated carbocycles. The van der Waals surface area contributed by atoms with Crippen LogP contribution in [0.4, 0.5) is 0 Å². The summed E-state index contributed by atoms with van der Waals surface area (Å²) in [5, 5.41) is 3.03. The minimum absolute atomic E-state index is 0.0264. The second kappa shape index (κ2) is 9.07. The summed E-state index contributed by atoms with van der Waals surface area (Å²) in [4.78, 5) is 14.7. The Morgan fingerprint density at radius 2 is 1.92 bits per heavy atom. The van der Waals surface area contributed by atoms with Crippen molar-refractivity contribution in [2.45, 2.75) is 52.1 Å². The minimum atomic E-state index is -0.470. The summed E-state index contributed by atoms with van der Waals surface area (Å²) in [5.41, 5.74) is 1.14. The van der Waals surface area contributed by atoms with Crippen LogP contribution in [0.3, 0.4) is 0 Å². The molecule has 0 aromatic heterocycles. The summed E-state index contributed by atoms with van der Waals surface area (Å²) in [6.45, 7) is 9.17. The van der Waals surface area contributed by atoms with Gasteiger partial charge >= 0.3 is 0 Å². The van der Waals surface area contributed by atoms with Crippen LogP contribution >= 0.6 is 0 Å². The predicted molar refractivity (Wildman–Crippen MR) is 98.5 cm³/mol. The Balaban J connectivity index is 1.76. The number of hydrogen-bond acceptors (Lipinski definition) is 3. The first-order valence-corrected chi connectivity index (χ1v) is 9.19. The lowest BCUT2D eigenvalue weighted by molar-refractivity contribution is -0.127. The van der Waals surface area contributed by atoms with E-state index in [1.807, 2.05) is 25.1 Å². The number of amides is 1. The standard InChI is InChI=1S/C20H32N2O2/c1-15(2)18-7-5-6-8-19(18)24-16(3)20(23)21-12-9-17-10-13-22(4)14-11-17/h5-8,15-17H,9-14H2,1-4H3,(H,21,23)/t16-/m1/s1. The molecule has 1 aliphatic rings. The number of nitrogens with zero attached hydrogens (tertiary/aromatic N) is 1. The zero-order chi connectivity index (χ0) is 17.5. The smallest absolute Gasteiger partial charge is 0.260 e. The topological polar surface area (TPSA) is 41.6 Å². The Morgan fingerprint density at radius 3 is 2.58 bits per heavy atom. The van der Waals surface area contributed by atoms with E-state index >= 15 is 0 Å². The zero-order valence-corrected chi connectivity index (χ0v) is 15.5. The SMILES string of the molecule is CC(C)c1ccccc1O[C@H](C)C(=O)NCCC1CCN(C)CC1. The summed E-state index contributed by atoms with van der Waals surface area (Å²) in [6.07, 6.45) is 3.07. The number of carbonyl (C=O) groups is 1. The maximum atomic E-state index is 12.3. The van der Waals surface area contributed by atoms with Crippen molar-refractivity contribution in [2.24, 2.45) is 5.92 Å². The molecule has 0 unspecified atom stereocenters. The van der Waals surface area contributed by atoms with E-state index in [1.54, 1.807) is 0 Å². The van der Waals surface area contributed by atoms with Gasteiger partial charge in [0.25, 0.3) is 5.91 Å². The molecule has 2 rings (SSSR count). The van der Waals surface area contributed by atoms with Crippen LogP contribution in [0.25, 0.3) is 0 Å². The number of carbonyl (C=O) groups excluding carboxylic acids is 1. The van der Waals surface area contributed by atoms with E-state index < -0.39 is 6.10 Å². The first-order valence-electron chi connectivity index (χ1n) is 9.19. The average Bonchev–Trinajstić information content (AvgIpc) is 2.56. The fourth-order valence-electron chi connectivity index (χ4n) is 3.20. The average molecular weight is 332 g/mol. The van der Waals surface area contributed by atoms with Gasteiger partial charge in [-0.05, 0) is 69.8 Å². The van der Waals surface area contributed by atoms with Crippen LogP contribution in [0.2, 0.25) is 0 Å². The molecule has 0 bridgehead atoms. The lowest BCUT2D eigenvalue weighted by Crippen LogP contribution is -2.38. The van der Waals surface area contributed by atoms with Crippen LogP contribution in [0.1, 0.15) is 51.5 Å². The molecule has 24 heavy (non-hydrogen) atoms. The second-order valence-electron chi connectivity index (χ2n) is 7.28. The fraction of sp³-hybridized carbons (Fsp3) is 0.650. The molecule has 1 saturated heterocycles. The fourth-order valence-corrected chi connectivity index (χ4v) is 3.20.